The SMILES string of the molecule is CCOc1ccc(CCC(=O)Nc2ccc(-c3n[nH]c(C)n3)cc2)cc1. The molecule has 0 aliphatic carbocycles. The number of aromatic nitrogens is 3. The smallest absolute Gasteiger partial charge is 0.224 e. The zero-order chi connectivity index (χ0) is 18.4. The first-order chi connectivity index (χ1) is 12.6. The van der Waals surface area contributed by atoms with Crippen LogP contribution >= 0.6 is 0 Å². The van der Waals surface area contributed by atoms with E-state index in [2.05, 4.69) is 20.5 Å². The number of hydrogen-bond donors (Lipinski definition) is 2. The average molecular weight is 350 g/mol. The van der Waals surface area contributed by atoms with Crippen LogP contribution in [0.25, 0.3) is 11.4 Å². The van der Waals surface area contributed by atoms with Crippen molar-refractivity contribution in [3.05, 3.63) is 59.9 Å². The number of nitrogens with one attached hydrogen (secondary N) is 2. The van der Waals surface area contributed by atoms with Gasteiger partial charge < -0.3 is 10.1 Å². The Morgan fingerprint density at radius 2 is 1.85 bits per heavy atom. The highest BCUT2D eigenvalue weighted by Gasteiger charge is 2.06. The van der Waals surface area contributed by atoms with Gasteiger partial charge in [0.25, 0.3) is 0 Å². The number of aryl methyl sites for hydroxylation is 2. The third-order valence-electron chi connectivity index (χ3n) is 3.90. The van der Waals surface area contributed by atoms with E-state index < -0.39 is 0 Å². The van der Waals surface area contributed by atoms with E-state index in [0.717, 1.165) is 28.4 Å². The molecule has 0 saturated carbocycles. The summed E-state index contributed by atoms with van der Waals surface area (Å²) in [5.74, 6) is 2.25. The molecule has 26 heavy (non-hydrogen) atoms. The quantitative estimate of drug-likeness (QED) is 0.680. The van der Waals surface area contributed by atoms with Gasteiger partial charge in [0.15, 0.2) is 5.82 Å². The Hall–Kier alpha value is -3.15. The number of hydrogen-bond acceptors (Lipinski definition) is 4. The van der Waals surface area contributed by atoms with Crippen LogP contribution in [-0.2, 0) is 11.2 Å². The fourth-order valence-electron chi connectivity index (χ4n) is 2.57. The molecule has 0 aliphatic heterocycles. The zero-order valence-corrected chi connectivity index (χ0v) is 15.0. The number of rotatable bonds is 7. The number of aromatic amines is 1. The lowest BCUT2D eigenvalue weighted by Gasteiger charge is -2.07. The Kier molecular flexibility index (Phi) is 5.63. The van der Waals surface area contributed by atoms with Crippen LogP contribution in [-0.4, -0.2) is 27.7 Å². The van der Waals surface area contributed by atoms with Crippen molar-refractivity contribution in [3.8, 4) is 17.1 Å². The van der Waals surface area contributed by atoms with Crippen molar-refractivity contribution in [3.63, 3.8) is 0 Å². The predicted octanol–water partition coefficient (Wildman–Crippen LogP) is 3.75. The van der Waals surface area contributed by atoms with E-state index in [9.17, 15) is 4.79 Å². The summed E-state index contributed by atoms with van der Waals surface area (Å²) in [5, 5.41) is 9.86. The molecule has 0 unspecified atom stereocenters. The van der Waals surface area contributed by atoms with E-state index >= 15 is 0 Å². The van der Waals surface area contributed by atoms with Crippen LogP contribution in [0.2, 0.25) is 0 Å². The normalized spacial score (nSPS) is 10.5. The van der Waals surface area contributed by atoms with Crippen LogP contribution in [0, 0.1) is 6.92 Å². The second kappa shape index (κ2) is 8.29. The van der Waals surface area contributed by atoms with Crippen LogP contribution in [0.5, 0.6) is 5.75 Å². The summed E-state index contributed by atoms with van der Waals surface area (Å²) in [6.45, 7) is 4.46. The molecule has 2 aromatic carbocycles. The molecular formula is C20H22N4O2. The van der Waals surface area contributed by atoms with Gasteiger partial charge in [-0.2, -0.15) is 5.10 Å². The Morgan fingerprint density at radius 3 is 2.46 bits per heavy atom. The number of ether oxygens (including phenoxy) is 1. The summed E-state index contributed by atoms with van der Waals surface area (Å²) in [5.41, 5.74) is 2.78. The van der Waals surface area contributed by atoms with Crippen LogP contribution in [0.4, 0.5) is 5.69 Å². The molecule has 134 valence electrons. The second-order valence-electron chi connectivity index (χ2n) is 5.95. The number of benzene rings is 2. The van der Waals surface area contributed by atoms with Gasteiger partial charge in [0.1, 0.15) is 11.6 Å². The van der Waals surface area contributed by atoms with Crippen LogP contribution in [0.1, 0.15) is 24.7 Å². The van der Waals surface area contributed by atoms with E-state index in [1.807, 2.05) is 62.4 Å². The Morgan fingerprint density at radius 1 is 1.12 bits per heavy atom. The minimum atomic E-state index is -0.0135. The van der Waals surface area contributed by atoms with Gasteiger partial charge in [-0.15, -0.1) is 0 Å². The Balaban J connectivity index is 1.51. The molecule has 3 rings (SSSR count). The van der Waals surface area contributed by atoms with Gasteiger partial charge in [-0.25, -0.2) is 4.98 Å². The third kappa shape index (κ3) is 4.69. The number of anilines is 1. The molecule has 2 N–H and O–H groups in total. The molecule has 0 aliphatic rings. The standard InChI is InChI=1S/C20H22N4O2/c1-3-26-18-11-4-15(5-12-18)6-13-19(25)22-17-9-7-16(8-10-17)20-21-14(2)23-24-20/h4-5,7-12H,3,6,13H2,1-2H3,(H,22,25)(H,21,23,24). The summed E-state index contributed by atoms with van der Waals surface area (Å²) >= 11 is 0. The highest BCUT2D eigenvalue weighted by molar-refractivity contribution is 5.91. The van der Waals surface area contributed by atoms with E-state index in [0.29, 0.717) is 25.3 Å². The first-order valence-electron chi connectivity index (χ1n) is 8.65. The summed E-state index contributed by atoms with van der Waals surface area (Å²) in [4.78, 5) is 16.4. The first-order valence-corrected chi connectivity index (χ1v) is 8.65. The fourth-order valence-corrected chi connectivity index (χ4v) is 2.57. The van der Waals surface area contributed by atoms with Crippen molar-refractivity contribution in [2.45, 2.75) is 26.7 Å². The van der Waals surface area contributed by atoms with E-state index in [1.54, 1.807) is 0 Å². The molecule has 1 aromatic heterocycles. The van der Waals surface area contributed by atoms with Crippen molar-refractivity contribution in [1.29, 1.82) is 0 Å². The lowest BCUT2D eigenvalue weighted by Crippen LogP contribution is -2.12. The van der Waals surface area contributed by atoms with Crippen molar-refractivity contribution in [2.75, 3.05) is 11.9 Å². The summed E-state index contributed by atoms with van der Waals surface area (Å²) in [6.07, 6.45) is 1.11. The lowest BCUT2D eigenvalue weighted by atomic mass is 10.1. The van der Waals surface area contributed by atoms with Gasteiger partial charge in [-0.05, 0) is 62.2 Å². The van der Waals surface area contributed by atoms with Crippen molar-refractivity contribution in [1.82, 2.24) is 15.2 Å². The van der Waals surface area contributed by atoms with Crippen LogP contribution < -0.4 is 10.1 Å². The molecule has 3 aromatic rings. The maximum absolute atomic E-state index is 12.1. The number of H-pyrrole nitrogens is 1. The van der Waals surface area contributed by atoms with Crippen molar-refractivity contribution in [2.24, 2.45) is 0 Å². The molecule has 0 bridgehead atoms. The van der Waals surface area contributed by atoms with Crippen LogP contribution in [0.15, 0.2) is 48.5 Å². The number of carbonyl (C=O) groups excluding carboxylic acids is 1. The monoisotopic (exact) mass is 350 g/mol. The molecule has 0 spiro atoms. The Labute approximate surface area is 152 Å². The number of nitrogens with zero attached hydrogens (tertiary/aromatic N) is 2. The van der Waals surface area contributed by atoms with Gasteiger partial charge in [-0.3, -0.25) is 9.89 Å². The van der Waals surface area contributed by atoms with Gasteiger partial charge in [0, 0.05) is 17.7 Å². The highest BCUT2D eigenvalue weighted by atomic mass is 16.5. The maximum Gasteiger partial charge on any atom is 0.224 e. The largest absolute Gasteiger partial charge is 0.494 e. The van der Waals surface area contributed by atoms with E-state index in [4.69, 9.17) is 4.74 Å². The second-order valence-corrected chi connectivity index (χ2v) is 5.95. The third-order valence-corrected chi connectivity index (χ3v) is 3.90. The fraction of sp³-hybridized carbons (Fsp3) is 0.250. The zero-order valence-electron chi connectivity index (χ0n) is 15.0. The maximum atomic E-state index is 12.1. The molecular weight excluding hydrogens is 328 g/mol. The molecule has 0 fully saturated rings. The van der Waals surface area contributed by atoms with E-state index in [1.165, 1.54) is 0 Å². The van der Waals surface area contributed by atoms with Crippen LogP contribution in [0.3, 0.4) is 0 Å². The number of amides is 1. The molecule has 6 heteroatoms. The lowest BCUT2D eigenvalue weighted by molar-refractivity contribution is -0.116. The van der Waals surface area contributed by atoms with Crippen molar-refractivity contribution < 1.29 is 9.53 Å². The minimum absolute atomic E-state index is 0.0135. The molecule has 0 radical (unpaired) electrons. The van der Waals surface area contributed by atoms with Crippen molar-refractivity contribution >= 4 is 11.6 Å². The average Bonchev–Trinajstić information content (AvgIpc) is 3.08. The van der Waals surface area contributed by atoms with Gasteiger partial charge in [0.2, 0.25) is 5.91 Å². The molecule has 1 heterocycles. The molecule has 1 amide bonds. The van der Waals surface area contributed by atoms with Gasteiger partial charge >= 0.3 is 0 Å². The first kappa shape index (κ1) is 17.7. The molecule has 0 atom stereocenters. The topological polar surface area (TPSA) is 79.9 Å². The van der Waals surface area contributed by atoms with Gasteiger partial charge in [0.05, 0.1) is 6.61 Å². The minimum Gasteiger partial charge on any atom is -0.494 e. The summed E-state index contributed by atoms with van der Waals surface area (Å²) in [7, 11) is 0. The predicted molar refractivity (Wildman–Crippen MR) is 101 cm³/mol. The van der Waals surface area contributed by atoms with Gasteiger partial charge in [-0.1, -0.05) is 12.1 Å². The summed E-state index contributed by atoms with van der Waals surface area (Å²) in [6, 6.07) is 15.3. The summed E-state index contributed by atoms with van der Waals surface area (Å²) < 4.78 is 5.42. The Bertz CT molecular complexity index is 854. The molecule has 0 saturated heterocycles. The van der Waals surface area contributed by atoms with E-state index in [-0.39, 0.29) is 5.91 Å². The molecule has 6 nitrogen and oxygen atoms in total. The number of carbonyl (C=O) groups is 1. The highest BCUT2D eigenvalue weighted by Crippen LogP contribution is 2.18.